The van der Waals surface area contributed by atoms with E-state index >= 15 is 0 Å². The number of hydrazine groups is 1. The molecule has 10 nitrogen and oxygen atoms in total. The second kappa shape index (κ2) is 11.4. The molecule has 41 heavy (non-hydrogen) atoms. The van der Waals surface area contributed by atoms with Crippen molar-refractivity contribution in [1.29, 1.82) is 0 Å². The zero-order valence-corrected chi connectivity index (χ0v) is 24.5. The van der Waals surface area contributed by atoms with Gasteiger partial charge in [-0.05, 0) is 81.6 Å². The smallest absolute Gasteiger partial charge is 0.424 e. The highest BCUT2D eigenvalue weighted by molar-refractivity contribution is 7.89. The number of halogens is 1. The van der Waals surface area contributed by atoms with Crippen LogP contribution in [-0.4, -0.2) is 47.4 Å². The number of para-hydroxylation sites is 1. The van der Waals surface area contributed by atoms with Crippen molar-refractivity contribution in [3.05, 3.63) is 94.0 Å². The molecule has 1 aliphatic rings. The molecule has 1 aliphatic heterocycles. The lowest BCUT2D eigenvalue weighted by atomic mass is 10.1. The summed E-state index contributed by atoms with van der Waals surface area (Å²) < 4.78 is 33.7. The van der Waals surface area contributed by atoms with E-state index in [9.17, 15) is 27.9 Å². The molecule has 0 saturated carbocycles. The second-order valence-corrected chi connectivity index (χ2v) is 12.9. The fourth-order valence-electron chi connectivity index (χ4n) is 4.35. The van der Waals surface area contributed by atoms with Gasteiger partial charge in [0.2, 0.25) is 0 Å². The number of nitrogens with one attached hydrogen (secondary N) is 1. The van der Waals surface area contributed by atoms with E-state index in [-0.39, 0.29) is 22.2 Å². The van der Waals surface area contributed by atoms with Crippen molar-refractivity contribution in [2.45, 2.75) is 57.2 Å². The van der Waals surface area contributed by atoms with Crippen molar-refractivity contribution in [2.75, 3.05) is 5.01 Å². The van der Waals surface area contributed by atoms with E-state index in [1.807, 2.05) is 31.2 Å². The molecule has 0 fully saturated rings. The highest BCUT2D eigenvalue weighted by Crippen LogP contribution is 2.31. The Bertz CT molecular complexity index is 1600. The van der Waals surface area contributed by atoms with E-state index in [0.717, 1.165) is 23.7 Å². The monoisotopic (exact) mass is 599 g/mol. The molecule has 0 radical (unpaired) electrons. The highest BCUT2D eigenvalue weighted by atomic mass is 35.5. The minimum absolute atomic E-state index is 0.00266. The summed E-state index contributed by atoms with van der Waals surface area (Å²) in [6.07, 6.45) is -0.428. The number of amides is 2. The third-order valence-electron chi connectivity index (χ3n) is 6.31. The summed E-state index contributed by atoms with van der Waals surface area (Å²) >= 11 is 6.32. The lowest BCUT2D eigenvalue weighted by Gasteiger charge is -2.28. The third kappa shape index (κ3) is 6.63. The van der Waals surface area contributed by atoms with Crippen LogP contribution in [0.4, 0.5) is 10.5 Å². The van der Waals surface area contributed by atoms with Crippen molar-refractivity contribution >= 4 is 45.3 Å². The van der Waals surface area contributed by atoms with Crippen LogP contribution in [0, 0.1) is 0 Å². The molecule has 2 N–H and O–H groups in total. The Morgan fingerprint density at radius 1 is 1.05 bits per heavy atom. The SMILES string of the molecule is CC1Cc2ccccc2N1NC(=O)c1ccc(Cl)c(S(=O)(=O)N(Cc2ccc(C(=O)O)cc2)C(=O)OC(C)(C)C)c1. The lowest BCUT2D eigenvalue weighted by molar-refractivity contribution is 0.0381. The van der Waals surface area contributed by atoms with Gasteiger partial charge in [0.05, 0.1) is 28.9 Å². The van der Waals surface area contributed by atoms with Gasteiger partial charge in [-0.15, -0.1) is 0 Å². The van der Waals surface area contributed by atoms with Gasteiger partial charge in [-0.25, -0.2) is 18.0 Å². The van der Waals surface area contributed by atoms with E-state index < -0.39 is 45.0 Å². The zero-order valence-electron chi connectivity index (χ0n) is 22.9. The first-order valence-corrected chi connectivity index (χ1v) is 14.5. The average Bonchev–Trinajstić information content (AvgIpc) is 3.21. The Morgan fingerprint density at radius 3 is 2.32 bits per heavy atom. The van der Waals surface area contributed by atoms with Crippen LogP contribution in [0.1, 0.15) is 59.5 Å². The number of carbonyl (C=O) groups excluding carboxylic acids is 2. The first-order valence-electron chi connectivity index (χ1n) is 12.7. The van der Waals surface area contributed by atoms with Gasteiger partial charge in [0, 0.05) is 5.56 Å². The van der Waals surface area contributed by atoms with Crippen LogP contribution in [0.3, 0.4) is 0 Å². The molecule has 0 bridgehead atoms. The van der Waals surface area contributed by atoms with Crippen molar-refractivity contribution in [3.8, 4) is 0 Å². The van der Waals surface area contributed by atoms with Gasteiger partial charge < -0.3 is 9.84 Å². The van der Waals surface area contributed by atoms with E-state index in [0.29, 0.717) is 9.87 Å². The van der Waals surface area contributed by atoms with Gasteiger partial charge in [0.25, 0.3) is 15.9 Å². The maximum absolute atomic E-state index is 13.9. The van der Waals surface area contributed by atoms with Crippen molar-refractivity contribution in [3.63, 3.8) is 0 Å². The minimum atomic E-state index is -4.65. The van der Waals surface area contributed by atoms with Gasteiger partial charge >= 0.3 is 12.1 Å². The van der Waals surface area contributed by atoms with Crippen molar-refractivity contribution < 1.29 is 32.6 Å². The number of rotatable bonds is 7. The molecule has 216 valence electrons. The Balaban J connectivity index is 1.67. The predicted octanol–water partition coefficient (Wildman–Crippen LogP) is 5.26. The molecule has 0 saturated heterocycles. The normalized spacial score (nSPS) is 14.8. The predicted molar refractivity (Wildman–Crippen MR) is 153 cm³/mol. The number of nitrogens with zero attached hydrogens (tertiary/aromatic N) is 2. The molecule has 3 aromatic rings. The standard InChI is InChI=1S/C29H30ClN3O7S/c1-18-15-21-7-5-6-8-24(21)33(18)31-26(34)22-13-14-23(30)25(16-22)41(38,39)32(28(37)40-29(2,3)4)17-19-9-11-20(12-10-19)27(35)36/h5-14,16,18H,15,17H2,1-4H3,(H,31,34)(H,35,36). The van der Waals surface area contributed by atoms with E-state index in [2.05, 4.69) is 5.43 Å². The van der Waals surface area contributed by atoms with Crippen molar-refractivity contribution in [2.24, 2.45) is 0 Å². The fourth-order valence-corrected chi connectivity index (χ4v) is 6.14. The minimum Gasteiger partial charge on any atom is -0.478 e. The first-order chi connectivity index (χ1) is 19.2. The Hall–Kier alpha value is -4.09. The highest BCUT2D eigenvalue weighted by Gasteiger charge is 2.35. The number of hydrogen-bond acceptors (Lipinski definition) is 7. The van der Waals surface area contributed by atoms with Crippen LogP contribution in [0.5, 0.6) is 0 Å². The maximum atomic E-state index is 13.9. The molecular weight excluding hydrogens is 570 g/mol. The second-order valence-electron chi connectivity index (χ2n) is 10.6. The van der Waals surface area contributed by atoms with E-state index in [1.54, 1.807) is 25.8 Å². The Kier molecular flexibility index (Phi) is 8.32. The summed E-state index contributed by atoms with van der Waals surface area (Å²) in [4.78, 5) is 37.2. The van der Waals surface area contributed by atoms with Crippen LogP contribution >= 0.6 is 11.6 Å². The number of carboxylic acids is 1. The number of carboxylic acid groups (broad SMARTS) is 1. The summed E-state index contributed by atoms with van der Waals surface area (Å²) in [5.41, 5.74) is 4.08. The van der Waals surface area contributed by atoms with Crippen LogP contribution in [0.15, 0.2) is 71.6 Å². The summed E-state index contributed by atoms with van der Waals surface area (Å²) in [7, 11) is -4.65. The van der Waals surface area contributed by atoms with Gasteiger partial charge in [-0.2, -0.15) is 4.31 Å². The summed E-state index contributed by atoms with van der Waals surface area (Å²) in [6.45, 7) is 6.26. The van der Waals surface area contributed by atoms with Gasteiger partial charge in [0.1, 0.15) is 10.5 Å². The van der Waals surface area contributed by atoms with E-state index in [4.69, 9.17) is 16.3 Å². The number of sulfonamides is 1. The molecule has 1 atom stereocenters. The maximum Gasteiger partial charge on any atom is 0.424 e. The quantitative estimate of drug-likeness (QED) is 0.376. The Morgan fingerprint density at radius 2 is 1.68 bits per heavy atom. The summed E-state index contributed by atoms with van der Waals surface area (Å²) in [5, 5.41) is 10.7. The average molecular weight is 600 g/mol. The number of anilines is 1. The van der Waals surface area contributed by atoms with Gasteiger partial charge in [-0.3, -0.25) is 15.2 Å². The molecule has 4 rings (SSSR count). The van der Waals surface area contributed by atoms with Gasteiger partial charge in [-0.1, -0.05) is 41.9 Å². The molecule has 1 heterocycles. The van der Waals surface area contributed by atoms with Crippen LogP contribution in [0.2, 0.25) is 5.02 Å². The number of hydrogen-bond donors (Lipinski definition) is 2. The number of aromatic carboxylic acids is 1. The number of fused-ring (bicyclic) bond motifs is 1. The molecule has 0 aromatic heterocycles. The molecular formula is C29H30ClN3O7S. The fraction of sp³-hybridized carbons (Fsp3) is 0.276. The molecule has 12 heteroatoms. The molecule has 0 spiro atoms. The number of benzene rings is 3. The summed E-state index contributed by atoms with van der Waals surface area (Å²) in [5.74, 6) is -1.71. The van der Waals surface area contributed by atoms with Crippen LogP contribution in [-0.2, 0) is 27.7 Å². The first kappa shape index (κ1) is 29.9. The Labute approximate surface area is 243 Å². The largest absolute Gasteiger partial charge is 0.478 e. The summed E-state index contributed by atoms with van der Waals surface area (Å²) in [6, 6.07) is 16.8. The molecule has 3 aromatic carbocycles. The number of carbonyl (C=O) groups is 3. The molecule has 0 aliphatic carbocycles. The third-order valence-corrected chi connectivity index (χ3v) is 8.51. The zero-order chi connectivity index (χ0) is 30.1. The van der Waals surface area contributed by atoms with Crippen LogP contribution in [0.25, 0.3) is 0 Å². The van der Waals surface area contributed by atoms with Crippen LogP contribution < -0.4 is 10.4 Å². The molecule has 1 unspecified atom stereocenters. The lowest BCUT2D eigenvalue weighted by Crippen LogP contribution is -2.45. The molecule has 2 amide bonds. The van der Waals surface area contributed by atoms with Gasteiger partial charge in [0.15, 0.2) is 0 Å². The van der Waals surface area contributed by atoms with Crippen molar-refractivity contribution in [1.82, 2.24) is 9.73 Å². The topological polar surface area (TPSA) is 133 Å². The number of ether oxygens (including phenoxy) is 1. The van der Waals surface area contributed by atoms with E-state index in [1.165, 1.54) is 36.4 Å².